The number of carbonyl (C=O) groups excluding carboxylic acids is 1. The number of benzene rings is 1. The van der Waals surface area contributed by atoms with E-state index in [1.54, 1.807) is 18.2 Å². The van der Waals surface area contributed by atoms with Crippen LogP contribution in [0.2, 0.25) is 0 Å². The average Bonchev–Trinajstić information content (AvgIpc) is 2.52. The van der Waals surface area contributed by atoms with Crippen LogP contribution in [0.4, 0.5) is 0 Å². The first-order valence-corrected chi connectivity index (χ1v) is 7.96. The second-order valence-corrected chi connectivity index (χ2v) is 6.06. The third-order valence-electron chi connectivity index (χ3n) is 3.48. The van der Waals surface area contributed by atoms with Gasteiger partial charge in [0.05, 0.1) is 18.7 Å². The fourth-order valence-electron chi connectivity index (χ4n) is 2.22. The molecule has 0 aliphatic heterocycles. The molecule has 0 radical (unpaired) electrons. The lowest BCUT2D eigenvalue weighted by Crippen LogP contribution is -2.36. The SMILES string of the molecule is COc1cc(C#N)ccc1OCC(=O)NC(C)CCCC(C)C. The Morgan fingerprint density at radius 1 is 1.26 bits per heavy atom. The maximum absolute atomic E-state index is 11.9. The van der Waals surface area contributed by atoms with Crippen LogP contribution >= 0.6 is 0 Å². The van der Waals surface area contributed by atoms with Crippen LogP contribution < -0.4 is 14.8 Å². The van der Waals surface area contributed by atoms with E-state index in [1.165, 1.54) is 13.5 Å². The van der Waals surface area contributed by atoms with Crippen molar-refractivity contribution in [2.24, 2.45) is 5.92 Å². The Labute approximate surface area is 138 Å². The van der Waals surface area contributed by atoms with Crippen LogP contribution in [-0.4, -0.2) is 25.7 Å². The molecule has 1 N–H and O–H groups in total. The summed E-state index contributed by atoms with van der Waals surface area (Å²) < 4.78 is 10.7. The van der Waals surface area contributed by atoms with Crippen molar-refractivity contribution in [2.45, 2.75) is 46.1 Å². The average molecular weight is 318 g/mol. The summed E-state index contributed by atoms with van der Waals surface area (Å²) in [6, 6.07) is 7.01. The molecule has 0 spiro atoms. The van der Waals surface area contributed by atoms with Gasteiger partial charge in [-0.15, -0.1) is 0 Å². The lowest BCUT2D eigenvalue weighted by molar-refractivity contribution is -0.123. The minimum absolute atomic E-state index is 0.0726. The summed E-state index contributed by atoms with van der Waals surface area (Å²) in [4.78, 5) is 11.9. The highest BCUT2D eigenvalue weighted by Crippen LogP contribution is 2.27. The fraction of sp³-hybridized carbons (Fsp3) is 0.556. The van der Waals surface area contributed by atoms with Crippen molar-refractivity contribution < 1.29 is 14.3 Å². The summed E-state index contributed by atoms with van der Waals surface area (Å²) in [5, 5.41) is 11.8. The molecule has 1 amide bonds. The molecule has 0 fully saturated rings. The molecule has 0 saturated heterocycles. The molecule has 1 aromatic rings. The van der Waals surface area contributed by atoms with Gasteiger partial charge in [-0.2, -0.15) is 5.26 Å². The maximum Gasteiger partial charge on any atom is 0.258 e. The van der Waals surface area contributed by atoms with Gasteiger partial charge in [-0.05, 0) is 31.4 Å². The highest BCUT2D eigenvalue weighted by atomic mass is 16.5. The molecule has 0 aliphatic carbocycles. The molecule has 5 nitrogen and oxygen atoms in total. The van der Waals surface area contributed by atoms with Crippen molar-refractivity contribution >= 4 is 5.91 Å². The Balaban J connectivity index is 2.43. The van der Waals surface area contributed by atoms with Crippen molar-refractivity contribution in [1.29, 1.82) is 5.26 Å². The third kappa shape index (κ3) is 7.05. The van der Waals surface area contributed by atoms with Gasteiger partial charge in [0, 0.05) is 12.1 Å². The molecule has 1 aromatic carbocycles. The monoisotopic (exact) mass is 318 g/mol. The highest BCUT2D eigenvalue weighted by molar-refractivity contribution is 5.77. The molecular formula is C18H26N2O3. The zero-order chi connectivity index (χ0) is 17.2. The van der Waals surface area contributed by atoms with Gasteiger partial charge in [-0.1, -0.05) is 26.7 Å². The van der Waals surface area contributed by atoms with Crippen molar-refractivity contribution in [3.8, 4) is 17.6 Å². The summed E-state index contributed by atoms with van der Waals surface area (Å²) in [5.41, 5.74) is 0.484. The van der Waals surface area contributed by atoms with Crippen molar-refractivity contribution in [3.05, 3.63) is 23.8 Å². The predicted octanol–water partition coefficient (Wildman–Crippen LogP) is 3.28. The van der Waals surface area contributed by atoms with Gasteiger partial charge in [0.25, 0.3) is 5.91 Å². The molecule has 1 rings (SSSR count). The maximum atomic E-state index is 11.9. The number of nitrogens with zero attached hydrogens (tertiary/aromatic N) is 1. The van der Waals surface area contributed by atoms with Gasteiger partial charge in [0.15, 0.2) is 18.1 Å². The molecule has 0 heterocycles. The van der Waals surface area contributed by atoms with Crippen molar-refractivity contribution in [3.63, 3.8) is 0 Å². The molecular weight excluding hydrogens is 292 g/mol. The summed E-state index contributed by atoms with van der Waals surface area (Å²) in [5.74, 6) is 1.43. The summed E-state index contributed by atoms with van der Waals surface area (Å²) in [6.45, 7) is 6.32. The molecule has 0 aliphatic rings. The van der Waals surface area contributed by atoms with Crippen LogP contribution in [0.25, 0.3) is 0 Å². The smallest absolute Gasteiger partial charge is 0.258 e. The van der Waals surface area contributed by atoms with E-state index in [9.17, 15) is 4.79 Å². The van der Waals surface area contributed by atoms with E-state index < -0.39 is 0 Å². The van der Waals surface area contributed by atoms with Gasteiger partial charge >= 0.3 is 0 Å². The van der Waals surface area contributed by atoms with Crippen molar-refractivity contribution in [2.75, 3.05) is 13.7 Å². The fourth-order valence-corrected chi connectivity index (χ4v) is 2.22. The zero-order valence-corrected chi connectivity index (χ0v) is 14.4. The number of rotatable bonds is 9. The molecule has 1 unspecified atom stereocenters. The van der Waals surface area contributed by atoms with Crippen LogP contribution in [0.5, 0.6) is 11.5 Å². The van der Waals surface area contributed by atoms with E-state index >= 15 is 0 Å². The van der Waals surface area contributed by atoms with Gasteiger partial charge in [-0.25, -0.2) is 0 Å². The van der Waals surface area contributed by atoms with Gasteiger partial charge in [-0.3, -0.25) is 4.79 Å². The summed E-state index contributed by atoms with van der Waals surface area (Å²) in [7, 11) is 1.50. The van der Waals surface area contributed by atoms with Crippen LogP contribution in [0.3, 0.4) is 0 Å². The normalized spacial score (nSPS) is 11.7. The van der Waals surface area contributed by atoms with Crippen LogP contribution in [0.15, 0.2) is 18.2 Å². The van der Waals surface area contributed by atoms with Crippen LogP contribution in [-0.2, 0) is 4.79 Å². The molecule has 0 bridgehead atoms. The topological polar surface area (TPSA) is 71.3 Å². The number of methoxy groups -OCH3 is 1. The predicted molar refractivity (Wildman–Crippen MR) is 89.5 cm³/mol. The van der Waals surface area contributed by atoms with E-state index in [4.69, 9.17) is 14.7 Å². The first-order chi connectivity index (χ1) is 11.0. The van der Waals surface area contributed by atoms with E-state index in [1.807, 2.05) is 13.0 Å². The lowest BCUT2D eigenvalue weighted by Gasteiger charge is -2.15. The minimum atomic E-state index is -0.159. The number of carbonyl (C=O) groups is 1. The van der Waals surface area contributed by atoms with Gasteiger partial charge in [0.2, 0.25) is 0 Å². The summed E-state index contributed by atoms with van der Waals surface area (Å²) in [6.07, 6.45) is 3.23. The van der Waals surface area contributed by atoms with Gasteiger partial charge < -0.3 is 14.8 Å². The van der Waals surface area contributed by atoms with E-state index in [0.717, 1.165) is 12.8 Å². The molecule has 23 heavy (non-hydrogen) atoms. The third-order valence-corrected chi connectivity index (χ3v) is 3.48. The van der Waals surface area contributed by atoms with Crippen LogP contribution in [0, 0.1) is 17.2 Å². The highest BCUT2D eigenvalue weighted by Gasteiger charge is 2.11. The molecule has 5 heteroatoms. The number of hydrogen-bond acceptors (Lipinski definition) is 4. The largest absolute Gasteiger partial charge is 0.493 e. The zero-order valence-electron chi connectivity index (χ0n) is 14.4. The summed E-state index contributed by atoms with van der Waals surface area (Å²) >= 11 is 0. The van der Waals surface area contributed by atoms with Crippen LogP contribution in [0.1, 0.15) is 45.6 Å². The molecule has 1 atom stereocenters. The van der Waals surface area contributed by atoms with E-state index in [-0.39, 0.29) is 18.6 Å². The Kier molecular flexibility index (Phi) is 7.96. The second kappa shape index (κ2) is 9.73. The number of nitriles is 1. The number of hydrogen-bond donors (Lipinski definition) is 1. The molecule has 126 valence electrons. The number of ether oxygens (including phenoxy) is 2. The second-order valence-electron chi connectivity index (χ2n) is 6.06. The first-order valence-electron chi connectivity index (χ1n) is 7.96. The van der Waals surface area contributed by atoms with E-state index in [2.05, 4.69) is 19.2 Å². The number of amides is 1. The standard InChI is InChI=1S/C18H26N2O3/c1-13(2)6-5-7-14(3)20-18(21)12-23-16-9-8-15(11-19)10-17(16)22-4/h8-10,13-14H,5-7,12H2,1-4H3,(H,20,21). The Morgan fingerprint density at radius 3 is 2.61 bits per heavy atom. The molecule has 0 saturated carbocycles. The Bertz CT molecular complexity index is 550. The Morgan fingerprint density at radius 2 is 2.00 bits per heavy atom. The molecule has 0 aromatic heterocycles. The minimum Gasteiger partial charge on any atom is -0.493 e. The quantitative estimate of drug-likeness (QED) is 0.758. The Hall–Kier alpha value is -2.22. The number of nitrogens with one attached hydrogen (secondary N) is 1. The van der Waals surface area contributed by atoms with Gasteiger partial charge in [0.1, 0.15) is 0 Å². The van der Waals surface area contributed by atoms with Crippen molar-refractivity contribution in [1.82, 2.24) is 5.32 Å². The van der Waals surface area contributed by atoms with E-state index in [0.29, 0.717) is 23.0 Å². The lowest BCUT2D eigenvalue weighted by atomic mass is 10.0. The first kappa shape index (κ1) is 18.8.